The summed E-state index contributed by atoms with van der Waals surface area (Å²) >= 11 is 6.16. The molecule has 0 saturated carbocycles. The largest absolute Gasteiger partial charge is 0.488 e. The summed E-state index contributed by atoms with van der Waals surface area (Å²) in [6.07, 6.45) is 1.56. The summed E-state index contributed by atoms with van der Waals surface area (Å²) in [4.78, 5) is 11.9. The van der Waals surface area contributed by atoms with Gasteiger partial charge in [0.05, 0.1) is 12.8 Å². The van der Waals surface area contributed by atoms with E-state index in [0.717, 1.165) is 16.8 Å². The van der Waals surface area contributed by atoms with Crippen molar-refractivity contribution in [3.8, 4) is 5.75 Å². The summed E-state index contributed by atoms with van der Waals surface area (Å²) in [5.41, 5.74) is 5.03. The third-order valence-corrected chi connectivity index (χ3v) is 4.25. The number of anilines is 1. The van der Waals surface area contributed by atoms with Crippen molar-refractivity contribution in [3.05, 3.63) is 95.0 Å². The topological polar surface area (TPSA) is 62.7 Å². The van der Waals surface area contributed by atoms with E-state index in [1.807, 2.05) is 78.9 Å². The van der Waals surface area contributed by atoms with Gasteiger partial charge in [0, 0.05) is 21.8 Å². The van der Waals surface area contributed by atoms with Crippen LogP contribution in [0.4, 0.5) is 5.69 Å². The van der Waals surface area contributed by atoms with E-state index in [-0.39, 0.29) is 12.5 Å². The first-order chi connectivity index (χ1) is 13.7. The molecular formula is C22H20ClN3O2. The molecule has 0 bridgehead atoms. The van der Waals surface area contributed by atoms with Crippen LogP contribution >= 0.6 is 11.6 Å². The Balaban J connectivity index is 1.53. The quantitative estimate of drug-likeness (QED) is 0.438. The van der Waals surface area contributed by atoms with Gasteiger partial charge in [-0.2, -0.15) is 5.10 Å². The monoisotopic (exact) mass is 393 g/mol. The summed E-state index contributed by atoms with van der Waals surface area (Å²) in [5, 5.41) is 7.70. The van der Waals surface area contributed by atoms with Crippen LogP contribution < -0.4 is 15.5 Å². The summed E-state index contributed by atoms with van der Waals surface area (Å²) in [6.45, 7) is 0.476. The molecule has 0 fully saturated rings. The zero-order valence-electron chi connectivity index (χ0n) is 15.1. The number of benzene rings is 3. The summed E-state index contributed by atoms with van der Waals surface area (Å²) in [7, 11) is 0. The van der Waals surface area contributed by atoms with Gasteiger partial charge in [0.25, 0.3) is 5.91 Å². The fourth-order valence-electron chi connectivity index (χ4n) is 2.44. The van der Waals surface area contributed by atoms with Crippen LogP contribution in [-0.4, -0.2) is 18.7 Å². The molecule has 0 aliphatic carbocycles. The Morgan fingerprint density at radius 3 is 2.50 bits per heavy atom. The second kappa shape index (κ2) is 10.1. The zero-order valence-corrected chi connectivity index (χ0v) is 15.9. The van der Waals surface area contributed by atoms with E-state index in [4.69, 9.17) is 16.3 Å². The van der Waals surface area contributed by atoms with E-state index in [0.29, 0.717) is 17.4 Å². The molecule has 0 atom stereocenters. The Labute approximate surface area is 169 Å². The molecular weight excluding hydrogens is 374 g/mol. The molecule has 1 amide bonds. The highest BCUT2D eigenvalue weighted by molar-refractivity contribution is 6.31. The van der Waals surface area contributed by atoms with E-state index >= 15 is 0 Å². The Morgan fingerprint density at radius 1 is 0.964 bits per heavy atom. The first-order valence-electron chi connectivity index (χ1n) is 8.78. The summed E-state index contributed by atoms with van der Waals surface area (Å²) in [5.74, 6) is 0.414. The molecule has 0 saturated heterocycles. The van der Waals surface area contributed by atoms with Crippen LogP contribution in [0.5, 0.6) is 5.75 Å². The minimum atomic E-state index is -0.241. The Bertz CT molecular complexity index is 945. The highest BCUT2D eigenvalue weighted by atomic mass is 35.5. The van der Waals surface area contributed by atoms with E-state index in [1.54, 1.807) is 6.21 Å². The number of hydrazone groups is 1. The van der Waals surface area contributed by atoms with Crippen molar-refractivity contribution in [2.45, 2.75) is 6.61 Å². The SMILES string of the molecule is O=C(CNc1ccccc1)N/N=C\c1ccccc1OCc1ccccc1Cl. The first-order valence-corrected chi connectivity index (χ1v) is 9.16. The number of nitrogens with one attached hydrogen (secondary N) is 2. The van der Waals surface area contributed by atoms with Crippen molar-refractivity contribution >= 4 is 29.4 Å². The Kier molecular flexibility index (Phi) is 7.04. The van der Waals surface area contributed by atoms with E-state index in [2.05, 4.69) is 15.8 Å². The number of hydrogen-bond acceptors (Lipinski definition) is 4. The number of nitrogens with zero attached hydrogens (tertiary/aromatic N) is 1. The van der Waals surface area contributed by atoms with Crippen molar-refractivity contribution < 1.29 is 9.53 Å². The second-order valence-electron chi connectivity index (χ2n) is 5.93. The predicted octanol–water partition coefficient (Wildman–Crippen LogP) is 4.48. The van der Waals surface area contributed by atoms with Crippen molar-refractivity contribution in [3.63, 3.8) is 0 Å². The standard InChI is InChI=1S/C22H20ClN3O2/c23-20-12-6-4-9-18(20)16-28-21-13-7-5-8-17(21)14-25-26-22(27)15-24-19-10-2-1-3-11-19/h1-14,24H,15-16H2,(H,26,27)/b25-14-. The fourth-order valence-corrected chi connectivity index (χ4v) is 2.63. The van der Waals surface area contributed by atoms with Crippen LogP contribution in [0.1, 0.15) is 11.1 Å². The number of hydrogen-bond donors (Lipinski definition) is 2. The van der Waals surface area contributed by atoms with Gasteiger partial charge in [0.15, 0.2) is 0 Å². The summed E-state index contributed by atoms with van der Waals surface area (Å²) < 4.78 is 5.87. The number of ether oxygens (including phenoxy) is 1. The van der Waals surface area contributed by atoms with Gasteiger partial charge in [-0.05, 0) is 30.3 Å². The lowest BCUT2D eigenvalue weighted by Crippen LogP contribution is -2.25. The lowest BCUT2D eigenvalue weighted by Gasteiger charge is -2.10. The molecule has 3 aromatic rings. The summed E-state index contributed by atoms with van der Waals surface area (Å²) in [6, 6.07) is 24.5. The predicted molar refractivity (Wildman–Crippen MR) is 113 cm³/mol. The second-order valence-corrected chi connectivity index (χ2v) is 6.34. The maximum absolute atomic E-state index is 11.9. The molecule has 28 heavy (non-hydrogen) atoms. The molecule has 0 spiro atoms. The van der Waals surface area contributed by atoms with Crippen LogP contribution in [0.25, 0.3) is 0 Å². The van der Waals surface area contributed by atoms with Crippen LogP contribution in [0.3, 0.4) is 0 Å². The van der Waals surface area contributed by atoms with E-state index in [1.165, 1.54) is 0 Å². The number of amides is 1. The van der Waals surface area contributed by atoms with Crippen LogP contribution in [0.15, 0.2) is 84.0 Å². The van der Waals surface area contributed by atoms with Crippen molar-refractivity contribution in [2.75, 3.05) is 11.9 Å². The molecule has 0 unspecified atom stereocenters. The van der Waals surface area contributed by atoms with Gasteiger partial charge in [-0.15, -0.1) is 0 Å². The number of para-hydroxylation sites is 2. The van der Waals surface area contributed by atoms with Gasteiger partial charge in [0.2, 0.25) is 0 Å². The molecule has 3 rings (SSSR count). The molecule has 6 heteroatoms. The van der Waals surface area contributed by atoms with E-state index in [9.17, 15) is 4.79 Å². The van der Waals surface area contributed by atoms with Gasteiger partial charge in [0.1, 0.15) is 12.4 Å². The van der Waals surface area contributed by atoms with Crippen molar-refractivity contribution in [2.24, 2.45) is 5.10 Å². The average Bonchev–Trinajstić information content (AvgIpc) is 2.73. The maximum atomic E-state index is 11.9. The van der Waals surface area contributed by atoms with Gasteiger partial charge in [-0.3, -0.25) is 4.79 Å². The lowest BCUT2D eigenvalue weighted by atomic mass is 10.2. The van der Waals surface area contributed by atoms with Gasteiger partial charge in [-0.25, -0.2) is 5.43 Å². The van der Waals surface area contributed by atoms with Gasteiger partial charge in [-0.1, -0.05) is 60.1 Å². The Hall–Kier alpha value is -3.31. The van der Waals surface area contributed by atoms with Crippen LogP contribution in [-0.2, 0) is 11.4 Å². The molecule has 0 aliphatic rings. The Morgan fingerprint density at radius 2 is 1.68 bits per heavy atom. The van der Waals surface area contributed by atoms with Crippen LogP contribution in [0.2, 0.25) is 5.02 Å². The minimum Gasteiger partial charge on any atom is -0.488 e. The molecule has 0 heterocycles. The van der Waals surface area contributed by atoms with Crippen LogP contribution in [0, 0.1) is 0 Å². The maximum Gasteiger partial charge on any atom is 0.259 e. The highest BCUT2D eigenvalue weighted by Crippen LogP contribution is 2.20. The molecule has 2 N–H and O–H groups in total. The van der Waals surface area contributed by atoms with E-state index < -0.39 is 0 Å². The number of rotatable bonds is 8. The zero-order chi connectivity index (χ0) is 19.6. The minimum absolute atomic E-state index is 0.131. The molecule has 5 nitrogen and oxygen atoms in total. The molecule has 3 aromatic carbocycles. The first kappa shape index (κ1) is 19.5. The molecule has 0 aliphatic heterocycles. The van der Waals surface area contributed by atoms with Crippen molar-refractivity contribution in [1.29, 1.82) is 0 Å². The average molecular weight is 394 g/mol. The fraction of sp³-hybridized carbons (Fsp3) is 0.0909. The number of carbonyl (C=O) groups excluding carboxylic acids is 1. The smallest absolute Gasteiger partial charge is 0.259 e. The third-order valence-electron chi connectivity index (χ3n) is 3.88. The number of halogens is 1. The van der Waals surface area contributed by atoms with Crippen molar-refractivity contribution in [1.82, 2.24) is 5.43 Å². The highest BCUT2D eigenvalue weighted by Gasteiger charge is 2.04. The number of carbonyl (C=O) groups is 1. The van der Waals surface area contributed by atoms with Gasteiger partial charge < -0.3 is 10.1 Å². The molecule has 0 aromatic heterocycles. The molecule has 142 valence electrons. The molecule has 0 radical (unpaired) electrons. The third kappa shape index (κ3) is 5.86. The lowest BCUT2D eigenvalue weighted by molar-refractivity contribution is -0.119. The van der Waals surface area contributed by atoms with Gasteiger partial charge >= 0.3 is 0 Å². The normalized spacial score (nSPS) is 10.6.